The molecule has 8 heteroatoms. The summed E-state index contributed by atoms with van der Waals surface area (Å²) in [6.07, 6.45) is -0.793. The smallest absolute Gasteiger partial charge is 0.339 e. The quantitative estimate of drug-likeness (QED) is 0.473. The molecule has 0 fully saturated rings. The highest BCUT2D eigenvalue weighted by molar-refractivity contribution is 5.90. The summed E-state index contributed by atoms with van der Waals surface area (Å²) in [6, 6.07) is 0. The molecule has 0 saturated carbocycles. The van der Waals surface area contributed by atoms with Gasteiger partial charge in [-0.2, -0.15) is 0 Å². The van der Waals surface area contributed by atoms with Gasteiger partial charge in [-0.05, 0) is 27.7 Å². The number of carbonyl (C=O) groups excluding carboxylic acids is 3. The summed E-state index contributed by atoms with van der Waals surface area (Å²) in [5.74, 6) is -2.04. The normalized spacial score (nSPS) is 10.4. The second kappa shape index (κ2) is 11.9. The van der Waals surface area contributed by atoms with E-state index in [0.717, 1.165) is 0 Å². The molecule has 0 aliphatic heterocycles. The van der Waals surface area contributed by atoms with Crippen molar-refractivity contribution in [2.24, 2.45) is 0 Å². The van der Waals surface area contributed by atoms with Gasteiger partial charge in [0.05, 0.1) is 32.7 Å². The SMILES string of the molecule is CCOC(=O)CC(CC(=O)OCC)(OCC)C(=O)OCC.N. The molecule has 0 aromatic carbocycles. The van der Waals surface area contributed by atoms with Gasteiger partial charge in [0.15, 0.2) is 5.60 Å². The fourth-order valence-corrected chi connectivity index (χ4v) is 1.80. The highest BCUT2D eigenvalue weighted by Gasteiger charge is 2.46. The third-order valence-electron chi connectivity index (χ3n) is 2.54. The molecule has 130 valence electrons. The van der Waals surface area contributed by atoms with Gasteiger partial charge in [-0.15, -0.1) is 0 Å². The average Bonchev–Trinajstić information content (AvgIpc) is 2.39. The van der Waals surface area contributed by atoms with Crippen LogP contribution in [0, 0.1) is 0 Å². The second-order valence-corrected chi connectivity index (χ2v) is 4.11. The van der Waals surface area contributed by atoms with E-state index in [4.69, 9.17) is 18.9 Å². The summed E-state index contributed by atoms with van der Waals surface area (Å²) in [7, 11) is 0. The van der Waals surface area contributed by atoms with Crippen LogP contribution in [-0.2, 0) is 33.3 Å². The molecule has 0 saturated heterocycles. The Morgan fingerprint density at radius 2 is 1.14 bits per heavy atom. The van der Waals surface area contributed by atoms with Crippen LogP contribution in [0.1, 0.15) is 40.5 Å². The van der Waals surface area contributed by atoms with Crippen molar-refractivity contribution in [2.45, 2.75) is 46.1 Å². The largest absolute Gasteiger partial charge is 0.466 e. The lowest BCUT2D eigenvalue weighted by Crippen LogP contribution is -2.47. The zero-order valence-electron chi connectivity index (χ0n) is 13.8. The maximum atomic E-state index is 12.2. The van der Waals surface area contributed by atoms with E-state index in [-0.39, 0.29) is 32.6 Å². The number of ether oxygens (including phenoxy) is 4. The molecular weight excluding hydrogens is 294 g/mol. The fraction of sp³-hybridized carbons (Fsp3) is 0.786. The van der Waals surface area contributed by atoms with Gasteiger partial charge in [-0.25, -0.2) is 4.79 Å². The average molecular weight is 321 g/mol. The lowest BCUT2D eigenvalue weighted by Gasteiger charge is -2.29. The highest BCUT2D eigenvalue weighted by Crippen LogP contribution is 2.25. The van der Waals surface area contributed by atoms with Gasteiger partial charge >= 0.3 is 17.9 Å². The van der Waals surface area contributed by atoms with Crippen LogP contribution in [0.25, 0.3) is 0 Å². The Bertz CT molecular complexity index is 337. The van der Waals surface area contributed by atoms with E-state index in [1.54, 1.807) is 27.7 Å². The first kappa shape index (κ1) is 22.6. The van der Waals surface area contributed by atoms with Crippen molar-refractivity contribution in [3.63, 3.8) is 0 Å². The van der Waals surface area contributed by atoms with E-state index < -0.39 is 36.4 Å². The first-order valence-corrected chi connectivity index (χ1v) is 7.08. The Labute approximate surface area is 131 Å². The molecule has 22 heavy (non-hydrogen) atoms. The minimum absolute atomic E-state index is 0. The molecule has 0 unspecified atom stereocenters. The molecule has 0 aliphatic carbocycles. The van der Waals surface area contributed by atoms with Gasteiger partial charge in [0, 0.05) is 6.61 Å². The van der Waals surface area contributed by atoms with Crippen molar-refractivity contribution in [3.8, 4) is 0 Å². The van der Waals surface area contributed by atoms with Crippen LogP contribution in [0.5, 0.6) is 0 Å². The van der Waals surface area contributed by atoms with Crippen LogP contribution < -0.4 is 6.15 Å². The minimum atomic E-state index is -1.71. The number of hydrogen-bond donors (Lipinski definition) is 1. The Morgan fingerprint density at radius 3 is 1.45 bits per heavy atom. The molecule has 0 aliphatic rings. The molecule has 8 nitrogen and oxygen atoms in total. The third kappa shape index (κ3) is 7.37. The number of rotatable bonds is 10. The summed E-state index contributed by atoms with van der Waals surface area (Å²) in [5.41, 5.74) is -1.71. The fourth-order valence-electron chi connectivity index (χ4n) is 1.80. The van der Waals surface area contributed by atoms with Crippen molar-refractivity contribution in [2.75, 3.05) is 26.4 Å². The predicted molar refractivity (Wildman–Crippen MR) is 78.5 cm³/mol. The zero-order chi connectivity index (χ0) is 16.3. The van der Waals surface area contributed by atoms with Crippen molar-refractivity contribution in [3.05, 3.63) is 0 Å². The molecule has 3 N–H and O–H groups in total. The second-order valence-electron chi connectivity index (χ2n) is 4.11. The van der Waals surface area contributed by atoms with E-state index >= 15 is 0 Å². The maximum absolute atomic E-state index is 12.2. The Morgan fingerprint density at radius 1 is 0.727 bits per heavy atom. The maximum Gasteiger partial charge on any atom is 0.339 e. The van der Waals surface area contributed by atoms with Crippen molar-refractivity contribution in [1.29, 1.82) is 0 Å². The van der Waals surface area contributed by atoms with Gasteiger partial charge in [0.2, 0.25) is 0 Å². The molecule has 0 heterocycles. The zero-order valence-corrected chi connectivity index (χ0v) is 13.8. The lowest BCUT2D eigenvalue weighted by atomic mass is 9.95. The van der Waals surface area contributed by atoms with Gasteiger partial charge in [-0.1, -0.05) is 0 Å². The third-order valence-corrected chi connectivity index (χ3v) is 2.54. The molecule has 0 aromatic rings. The van der Waals surface area contributed by atoms with Crippen molar-refractivity contribution in [1.82, 2.24) is 6.15 Å². The van der Waals surface area contributed by atoms with E-state index in [1.807, 2.05) is 0 Å². The molecule has 0 atom stereocenters. The molecule has 0 radical (unpaired) electrons. The van der Waals surface area contributed by atoms with Crippen LogP contribution in [-0.4, -0.2) is 49.9 Å². The van der Waals surface area contributed by atoms with Gasteiger partial charge in [0.1, 0.15) is 0 Å². The number of hydrogen-bond acceptors (Lipinski definition) is 8. The predicted octanol–water partition coefficient (Wildman–Crippen LogP) is 1.39. The van der Waals surface area contributed by atoms with E-state index in [0.29, 0.717) is 0 Å². The molecule has 0 bridgehead atoms. The summed E-state index contributed by atoms with van der Waals surface area (Å²) < 4.78 is 20.0. The number of esters is 3. The first-order valence-electron chi connectivity index (χ1n) is 7.08. The first-order chi connectivity index (χ1) is 9.95. The molecular formula is C14H27NO7. The topological polar surface area (TPSA) is 123 Å². The number of carbonyl (C=O) groups is 3. The van der Waals surface area contributed by atoms with Crippen LogP contribution >= 0.6 is 0 Å². The van der Waals surface area contributed by atoms with E-state index in [2.05, 4.69) is 0 Å². The van der Waals surface area contributed by atoms with Gasteiger partial charge < -0.3 is 25.1 Å². The Balaban J connectivity index is 0. The van der Waals surface area contributed by atoms with Gasteiger partial charge in [0.25, 0.3) is 0 Å². The summed E-state index contributed by atoms with van der Waals surface area (Å²) in [6.45, 7) is 7.17. The van der Waals surface area contributed by atoms with Crippen LogP contribution in [0.2, 0.25) is 0 Å². The van der Waals surface area contributed by atoms with Crippen LogP contribution in [0.15, 0.2) is 0 Å². The summed E-state index contributed by atoms with van der Waals surface area (Å²) in [4.78, 5) is 35.6. The highest BCUT2D eigenvalue weighted by atomic mass is 16.6. The molecule has 0 aromatic heterocycles. The van der Waals surface area contributed by atoms with Gasteiger partial charge in [-0.3, -0.25) is 9.59 Å². The summed E-state index contributed by atoms with van der Waals surface area (Å²) >= 11 is 0. The molecule has 0 amide bonds. The lowest BCUT2D eigenvalue weighted by molar-refractivity contribution is -0.184. The van der Waals surface area contributed by atoms with Crippen molar-refractivity contribution >= 4 is 17.9 Å². The van der Waals surface area contributed by atoms with Crippen molar-refractivity contribution < 1.29 is 33.3 Å². The van der Waals surface area contributed by atoms with E-state index in [9.17, 15) is 14.4 Å². The van der Waals surface area contributed by atoms with Crippen LogP contribution in [0.3, 0.4) is 0 Å². The monoisotopic (exact) mass is 321 g/mol. The molecule has 0 spiro atoms. The van der Waals surface area contributed by atoms with Crippen LogP contribution in [0.4, 0.5) is 0 Å². The summed E-state index contributed by atoms with van der Waals surface area (Å²) in [5, 5.41) is 0. The van der Waals surface area contributed by atoms with E-state index in [1.165, 1.54) is 0 Å². The standard InChI is InChI=1S/C14H24O7.H3N/c1-5-18-11(15)9-14(21-8-4,13(17)20-7-3)10-12(16)19-6-2;/h5-10H2,1-4H3;1H3. The molecule has 0 rings (SSSR count). The minimum Gasteiger partial charge on any atom is -0.466 e. The Hall–Kier alpha value is -1.67. The Kier molecular flexibility index (Phi) is 12.3.